The van der Waals surface area contributed by atoms with Gasteiger partial charge in [-0.15, -0.1) is 0 Å². The number of nitrogens with two attached hydrogens (primary N) is 1. The van der Waals surface area contributed by atoms with Crippen molar-refractivity contribution in [2.75, 3.05) is 0 Å². The minimum absolute atomic E-state index is 0.405. The van der Waals surface area contributed by atoms with Crippen molar-refractivity contribution >= 4 is 28.5 Å². The van der Waals surface area contributed by atoms with Crippen LogP contribution in [0.4, 0.5) is 0 Å². The second kappa shape index (κ2) is 4.40. The number of imidazole rings is 1. The highest BCUT2D eigenvalue weighted by Gasteiger charge is 2.11. The number of carbonyl (C=O) groups is 1. The molecule has 0 radical (unpaired) electrons. The molecule has 0 bridgehead atoms. The van der Waals surface area contributed by atoms with Crippen molar-refractivity contribution in [3.8, 4) is 11.4 Å². The molecule has 1 amide bonds. The smallest absolute Gasteiger partial charge is 0.250 e. The number of para-hydroxylation sites is 1. The zero-order valence-corrected chi connectivity index (χ0v) is 10.6. The van der Waals surface area contributed by atoms with E-state index in [-0.39, 0.29) is 0 Å². The molecule has 3 aromatic rings. The number of benzene rings is 2. The van der Waals surface area contributed by atoms with Crippen molar-refractivity contribution in [1.82, 2.24) is 9.97 Å². The van der Waals surface area contributed by atoms with E-state index in [9.17, 15) is 4.79 Å². The molecule has 3 N–H and O–H groups in total. The maximum absolute atomic E-state index is 11.4. The molecule has 0 aliphatic carbocycles. The first-order valence-corrected chi connectivity index (χ1v) is 6.07. The van der Waals surface area contributed by atoms with E-state index in [1.54, 1.807) is 18.2 Å². The number of aromatic nitrogens is 2. The summed E-state index contributed by atoms with van der Waals surface area (Å²) in [5, 5.41) is 0.632. The van der Waals surface area contributed by atoms with Gasteiger partial charge in [-0.1, -0.05) is 29.8 Å². The molecule has 0 spiro atoms. The lowest BCUT2D eigenvalue weighted by Crippen LogP contribution is -2.11. The third-order valence-electron chi connectivity index (χ3n) is 2.88. The SMILES string of the molecule is NC(=O)c1cccc2[nH]c(-c3cccc(Cl)c3)nc12. The van der Waals surface area contributed by atoms with Crippen molar-refractivity contribution in [1.29, 1.82) is 0 Å². The summed E-state index contributed by atoms with van der Waals surface area (Å²) in [6, 6.07) is 12.6. The van der Waals surface area contributed by atoms with Crippen molar-refractivity contribution in [2.45, 2.75) is 0 Å². The van der Waals surface area contributed by atoms with Crippen molar-refractivity contribution in [3.63, 3.8) is 0 Å². The van der Waals surface area contributed by atoms with Gasteiger partial charge >= 0.3 is 0 Å². The van der Waals surface area contributed by atoms with Crippen LogP contribution in [0.5, 0.6) is 0 Å². The van der Waals surface area contributed by atoms with Crippen molar-refractivity contribution in [2.24, 2.45) is 5.73 Å². The summed E-state index contributed by atoms with van der Waals surface area (Å²) in [7, 11) is 0. The summed E-state index contributed by atoms with van der Waals surface area (Å²) in [4.78, 5) is 18.9. The number of H-pyrrole nitrogens is 1. The fourth-order valence-corrected chi connectivity index (χ4v) is 2.19. The molecule has 0 saturated heterocycles. The fraction of sp³-hybridized carbons (Fsp3) is 0. The number of amides is 1. The summed E-state index contributed by atoms with van der Waals surface area (Å²) in [5.74, 6) is 0.168. The van der Waals surface area contributed by atoms with Gasteiger partial charge in [-0.25, -0.2) is 4.98 Å². The highest BCUT2D eigenvalue weighted by Crippen LogP contribution is 2.24. The van der Waals surface area contributed by atoms with Crippen molar-refractivity contribution < 1.29 is 4.79 Å². The topological polar surface area (TPSA) is 71.8 Å². The van der Waals surface area contributed by atoms with E-state index in [2.05, 4.69) is 9.97 Å². The first kappa shape index (κ1) is 11.7. The number of primary amides is 1. The van der Waals surface area contributed by atoms with Gasteiger partial charge in [0.15, 0.2) is 0 Å². The van der Waals surface area contributed by atoms with Gasteiger partial charge in [0, 0.05) is 10.6 Å². The number of fused-ring (bicyclic) bond motifs is 1. The molecule has 3 rings (SSSR count). The summed E-state index contributed by atoms with van der Waals surface area (Å²) in [6.45, 7) is 0. The zero-order chi connectivity index (χ0) is 13.4. The Morgan fingerprint density at radius 2 is 2.00 bits per heavy atom. The predicted molar refractivity (Wildman–Crippen MR) is 75.1 cm³/mol. The Hall–Kier alpha value is -2.33. The predicted octanol–water partition coefficient (Wildman–Crippen LogP) is 2.98. The van der Waals surface area contributed by atoms with E-state index in [1.807, 2.05) is 24.3 Å². The molecular formula is C14H10ClN3O. The van der Waals surface area contributed by atoms with E-state index >= 15 is 0 Å². The van der Waals surface area contributed by atoms with Crippen LogP contribution in [0.2, 0.25) is 5.02 Å². The number of hydrogen-bond acceptors (Lipinski definition) is 2. The van der Waals surface area contributed by atoms with Gasteiger partial charge in [0.05, 0.1) is 11.1 Å². The number of aromatic amines is 1. The normalized spacial score (nSPS) is 10.8. The molecule has 0 unspecified atom stereocenters. The van der Waals surface area contributed by atoms with E-state index in [0.717, 1.165) is 11.1 Å². The van der Waals surface area contributed by atoms with Crippen LogP contribution in [0.15, 0.2) is 42.5 Å². The number of hydrogen-bond donors (Lipinski definition) is 2. The Labute approximate surface area is 114 Å². The lowest BCUT2D eigenvalue weighted by Gasteiger charge is -1.96. The molecule has 0 aliphatic rings. The highest BCUT2D eigenvalue weighted by atomic mass is 35.5. The Morgan fingerprint density at radius 3 is 2.74 bits per heavy atom. The Bertz CT molecular complexity index is 779. The summed E-state index contributed by atoms with van der Waals surface area (Å²) < 4.78 is 0. The number of halogens is 1. The van der Waals surface area contributed by atoms with Gasteiger partial charge < -0.3 is 10.7 Å². The van der Waals surface area contributed by atoms with Gasteiger partial charge in [0.2, 0.25) is 0 Å². The zero-order valence-electron chi connectivity index (χ0n) is 9.85. The molecule has 1 heterocycles. The van der Waals surface area contributed by atoms with E-state index in [4.69, 9.17) is 17.3 Å². The van der Waals surface area contributed by atoms with Gasteiger partial charge in [-0.2, -0.15) is 0 Å². The molecule has 0 aliphatic heterocycles. The Kier molecular flexibility index (Phi) is 2.72. The highest BCUT2D eigenvalue weighted by molar-refractivity contribution is 6.30. The second-order valence-corrected chi connectivity index (χ2v) is 4.60. The van der Waals surface area contributed by atoms with Gasteiger partial charge in [-0.3, -0.25) is 4.79 Å². The monoisotopic (exact) mass is 271 g/mol. The molecule has 0 atom stereocenters. The molecule has 19 heavy (non-hydrogen) atoms. The summed E-state index contributed by atoms with van der Waals surface area (Å²) in [5.41, 5.74) is 7.95. The average molecular weight is 272 g/mol. The first-order chi connectivity index (χ1) is 9.15. The number of nitrogens with zero attached hydrogens (tertiary/aromatic N) is 1. The third kappa shape index (κ3) is 2.06. The van der Waals surface area contributed by atoms with Crippen LogP contribution < -0.4 is 5.73 Å². The minimum Gasteiger partial charge on any atom is -0.366 e. The number of nitrogens with one attached hydrogen (secondary N) is 1. The van der Waals surface area contributed by atoms with E-state index < -0.39 is 5.91 Å². The van der Waals surface area contributed by atoms with Crippen LogP contribution in [-0.2, 0) is 0 Å². The number of rotatable bonds is 2. The first-order valence-electron chi connectivity index (χ1n) is 5.69. The van der Waals surface area contributed by atoms with Gasteiger partial charge in [0.25, 0.3) is 5.91 Å². The molecular weight excluding hydrogens is 262 g/mol. The van der Waals surface area contributed by atoms with Crippen LogP contribution >= 0.6 is 11.6 Å². The minimum atomic E-state index is -0.491. The average Bonchev–Trinajstić information content (AvgIpc) is 2.82. The lowest BCUT2D eigenvalue weighted by molar-refractivity contribution is 0.100. The third-order valence-corrected chi connectivity index (χ3v) is 3.11. The number of carbonyl (C=O) groups excluding carboxylic acids is 1. The van der Waals surface area contributed by atoms with Crippen LogP contribution in [0.25, 0.3) is 22.4 Å². The summed E-state index contributed by atoms with van der Waals surface area (Å²) in [6.07, 6.45) is 0. The van der Waals surface area contributed by atoms with Crippen LogP contribution in [-0.4, -0.2) is 15.9 Å². The molecule has 94 valence electrons. The molecule has 4 nitrogen and oxygen atoms in total. The maximum Gasteiger partial charge on any atom is 0.250 e. The largest absolute Gasteiger partial charge is 0.366 e. The standard InChI is InChI=1S/C14H10ClN3O/c15-9-4-1-3-8(7-9)14-17-11-6-2-5-10(13(16)19)12(11)18-14/h1-7H,(H2,16,19)(H,17,18). The Balaban J connectivity index is 2.22. The molecule has 2 aromatic carbocycles. The van der Waals surface area contributed by atoms with E-state index in [0.29, 0.717) is 21.9 Å². The van der Waals surface area contributed by atoms with Crippen LogP contribution in [0, 0.1) is 0 Å². The molecule has 1 aromatic heterocycles. The lowest BCUT2D eigenvalue weighted by atomic mass is 10.2. The molecule has 0 saturated carbocycles. The van der Waals surface area contributed by atoms with Crippen LogP contribution in [0.3, 0.4) is 0 Å². The summed E-state index contributed by atoms with van der Waals surface area (Å²) >= 11 is 5.96. The van der Waals surface area contributed by atoms with E-state index in [1.165, 1.54) is 0 Å². The quantitative estimate of drug-likeness (QED) is 0.752. The van der Waals surface area contributed by atoms with Crippen molar-refractivity contribution in [3.05, 3.63) is 53.1 Å². The van der Waals surface area contributed by atoms with Gasteiger partial charge in [-0.05, 0) is 24.3 Å². The molecule has 5 heteroatoms. The fourth-order valence-electron chi connectivity index (χ4n) is 2.00. The second-order valence-electron chi connectivity index (χ2n) is 4.16. The Morgan fingerprint density at radius 1 is 1.21 bits per heavy atom. The van der Waals surface area contributed by atoms with Crippen LogP contribution in [0.1, 0.15) is 10.4 Å². The molecule has 0 fully saturated rings. The maximum atomic E-state index is 11.4. The van der Waals surface area contributed by atoms with Gasteiger partial charge in [0.1, 0.15) is 11.3 Å².